The molecule has 2 aromatic heterocycles. The summed E-state index contributed by atoms with van der Waals surface area (Å²) in [5, 5.41) is 0. The monoisotopic (exact) mass is 409 g/mol. The van der Waals surface area contributed by atoms with Crippen LogP contribution in [0.4, 0.5) is 5.82 Å². The number of piperidine rings is 1. The van der Waals surface area contributed by atoms with Gasteiger partial charge in [-0.15, -0.1) is 0 Å². The number of aromatic nitrogens is 3. The van der Waals surface area contributed by atoms with Crippen LogP contribution in [0.5, 0.6) is 0 Å². The molecule has 0 aromatic carbocycles. The van der Waals surface area contributed by atoms with Gasteiger partial charge in [-0.05, 0) is 64.1 Å². The van der Waals surface area contributed by atoms with Crippen molar-refractivity contribution in [3.05, 3.63) is 36.2 Å². The molecule has 6 nitrogen and oxygen atoms in total. The van der Waals surface area contributed by atoms with Gasteiger partial charge in [-0.25, -0.2) is 9.97 Å². The smallest absolute Gasteiger partial charge is 0.180 e. The first-order valence-electron chi connectivity index (χ1n) is 11.5. The Hall–Kier alpha value is -2.05. The first kappa shape index (κ1) is 21.2. The van der Waals surface area contributed by atoms with E-state index in [1.165, 1.54) is 25.8 Å². The number of rotatable bonds is 6. The molecule has 4 rings (SSSR count). The Labute approximate surface area is 180 Å². The third kappa shape index (κ3) is 5.35. The molecule has 30 heavy (non-hydrogen) atoms. The van der Waals surface area contributed by atoms with E-state index in [-0.39, 0.29) is 0 Å². The lowest BCUT2D eigenvalue weighted by Gasteiger charge is -2.37. The van der Waals surface area contributed by atoms with Gasteiger partial charge >= 0.3 is 0 Å². The Bertz CT molecular complexity index is 796. The molecule has 2 atom stereocenters. The topological polar surface area (TPSA) is 54.4 Å². The van der Waals surface area contributed by atoms with E-state index in [4.69, 9.17) is 14.7 Å². The number of morpholine rings is 1. The molecule has 0 saturated carbocycles. The van der Waals surface area contributed by atoms with Crippen LogP contribution in [-0.2, 0) is 11.2 Å². The van der Waals surface area contributed by atoms with Crippen LogP contribution in [0.3, 0.4) is 0 Å². The van der Waals surface area contributed by atoms with Crippen molar-refractivity contribution in [3.63, 3.8) is 0 Å². The second-order valence-corrected chi connectivity index (χ2v) is 8.85. The Balaban J connectivity index is 1.35. The molecule has 0 radical (unpaired) electrons. The standard InChI is InChI=1S/C24H35N5O/c1-4-21-15-23(27-24(26-21)22-7-5-6-11-25-22)29-13-9-20(10-14-29)8-12-28-16-18(2)30-19(3)17-28/h5-7,11,15,18-20H,4,8-10,12-14,16-17H2,1-3H3. The van der Waals surface area contributed by atoms with Crippen molar-refractivity contribution in [1.82, 2.24) is 19.9 Å². The number of hydrogen-bond donors (Lipinski definition) is 0. The lowest BCUT2D eigenvalue weighted by molar-refractivity contribution is -0.0690. The van der Waals surface area contributed by atoms with Crippen molar-refractivity contribution >= 4 is 5.82 Å². The minimum Gasteiger partial charge on any atom is -0.373 e. The number of ether oxygens (including phenoxy) is 1. The predicted octanol–water partition coefficient (Wildman–Crippen LogP) is 3.82. The lowest BCUT2D eigenvalue weighted by atomic mass is 9.93. The third-order valence-electron chi connectivity index (χ3n) is 6.31. The molecular formula is C24H35N5O. The Morgan fingerprint density at radius 2 is 1.83 bits per heavy atom. The number of aryl methyl sites for hydroxylation is 1. The first-order valence-corrected chi connectivity index (χ1v) is 11.5. The zero-order valence-corrected chi connectivity index (χ0v) is 18.6. The highest BCUT2D eigenvalue weighted by molar-refractivity contribution is 5.53. The van der Waals surface area contributed by atoms with Crippen LogP contribution in [0, 0.1) is 5.92 Å². The molecule has 2 fully saturated rings. The molecule has 2 aliphatic rings. The highest BCUT2D eigenvalue weighted by Gasteiger charge is 2.25. The van der Waals surface area contributed by atoms with E-state index < -0.39 is 0 Å². The van der Waals surface area contributed by atoms with E-state index in [1.807, 2.05) is 18.2 Å². The molecule has 0 spiro atoms. The summed E-state index contributed by atoms with van der Waals surface area (Å²) in [4.78, 5) is 19.0. The molecule has 0 amide bonds. The third-order valence-corrected chi connectivity index (χ3v) is 6.31. The van der Waals surface area contributed by atoms with Crippen molar-refractivity contribution in [1.29, 1.82) is 0 Å². The summed E-state index contributed by atoms with van der Waals surface area (Å²) in [6.07, 6.45) is 7.18. The molecular weight excluding hydrogens is 374 g/mol. The fraction of sp³-hybridized carbons (Fsp3) is 0.625. The van der Waals surface area contributed by atoms with E-state index in [1.54, 1.807) is 6.20 Å². The molecule has 0 aliphatic carbocycles. The molecule has 0 bridgehead atoms. The first-order chi connectivity index (χ1) is 14.6. The quantitative estimate of drug-likeness (QED) is 0.723. The zero-order valence-electron chi connectivity index (χ0n) is 18.6. The maximum atomic E-state index is 5.87. The normalized spacial score (nSPS) is 23.6. The van der Waals surface area contributed by atoms with Crippen molar-refractivity contribution < 1.29 is 4.74 Å². The van der Waals surface area contributed by atoms with Gasteiger partial charge in [-0.2, -0.15) is 0 Å². The van der Waals surface area contributed by atoms with E-state index in [0.717, 1.165) is 61.5 Å². The minimum atomic E-state index is 0.356. The molecule has 2 aromatic rings. The molecule has 162 valence electrons. The Kier molecular flexibility index (Phi) is 6.95. The van der Waals surface area contributed by atoms with Crippen LogP contribution in [0.15, 0.2) is 30.5 Å². The van der Waals surface area contributed by atoms with Crippen molar-refractivity contribution in [2.24, 2.45) is 5.92 Å². The maximum Gasteiger partial charge on any atom is 0.180 e. The fourth-order valence-corrected chi connectivity index (χ4v) is 4.72. The van der Waals surface area contributed by atoms with Crippen molar-refractivity contribution in [3.8, 4) is 11.5 Å². The summed E-state index contributed by atoms with van der Waals surface area (Å²) in [7, 11) is 0. The summed E-state index contributed by atoms with van der Waals surface area (Å²) < 4.78 is 5.87. The lowest BCUT2D eigenvalue weighted by Crippen LogP contribution is -2.46. The van der Waals surface area contributed by atoms with Crippen molar-refractivity contribution in [2.45, 2.75) is 58.7 Å². The van der Waals surface area contributed by atoms with Gasteiger partial charge < -0.3 is 9.64 Å². The van der Waals surface area contributed by atoms with Crippen LogP contribution in [0.25, 0.3) is 11.5 Å². The van der Waals surface area contributed by atoms with Crippen LogP contribution < -0.4 is 4.90 Å². The van der Waals surface area contributed by atoms with Crippen LogP contribution >= 0.6 is 0 Å². The summed E-state index contributed by atoms with van der Waals surface area (Å²) in [5.74, 6) is 2.59. The van der Waals surface area contributed by atoms with Gasteiger partial charge in [0.05, 0.1) is 12.2 Å². The van der Waals surface area contributed by atoms with E-state index in [9.17, 15) is 0 Å². The van der Waals surface area contributed by atoms with Gasteiger partial charge in [0.2, 0.25) is 0 Å². The van der Waals surface area contributed by atoms with Crippen LogP contribution in [0.1, 0.15) is 45.7 Å². The van der Waals surface area contributed by atoms with E-state index in [0.29, 0.717) is 12.2 Å². The fourth-order valence-electron chi connectivity index (χ4n) is 4.72. The second kappa shape index (κ2) is 9.84. The number of nitrogens with zero attached hydrogens (tertiary/aromatic N) is 5. The van der Waals surface area contributed by atoms with Crippen LogP contribution in [0.2, 0.25) is 0 Å². The highest BCUT2D eigenvalue weighted by Crippen LogP contribution is 2.26. The summed E-state index contributed by atoms with van der Waals surface area (Å²) in [6, 6.07) is 8.06. The van der Waals surface area contributed by atoms with Gasteiger partial charge in [-0.1, -0.05) is 13.0 Å². The molecule has 2 unspecified atom stereocenters. The average molecular weight is 410 g/mol. The summed E-state index contributed by atoms with van der Waals surface area (Å²) in [5.41, 5.74) is 1.93. The Morgan fingerprint density at radius 1 is 1.07 bits per heavy atom. The zero-order chi connectivity index (χ0) is 20.9. The number of hydrogen-bond acceptors (Lipinski definition) is 6. The van der Waals surface area contributed by atoms with E-state index >= 15 is 0 Å². The van der Waals surface area contributed by atoms with E-state index in [2.05, 4.69) is 41.6 Å². The highest BCUT2D eigenvalue weighted by atomic mass is 16.5. The molecule has 6 heteroatoms. The van der Waals surface area contributed by atoms with Gasteiger partial charge in [0.25, 0.3) is 0 Å². The predicted molar refractivity (Wildman–Crippen MR) is 121 cm³/mol. The second-order valence-electron chi connectivity index (χ2n) is 8.85. The Morgan fingerprint density at radius 3 is 2.50 bits per heavy atom. The molecule has 2 saturated heterocycles. The molecule has 0 N–H and O–H groups in total. The van der Waals surface area contributed by atoms with Gasteiger partial charge in [0.15, 0.2) is 5.82 Å². The van der Waals surface area contributed by atoms with Gasteiger partial charge in [-0.3, -0.25) is 9.88 Å². The van der Waals surface area contributed by atoms with Gasteiger partial charge in [0, 0.05) is 44.1 Å². The number of pyridine rings is 1. The van der Waals surface area contributed by atoms with Crippen LogP contribution in [-0.4, -0.2) is 64.8 Å². The largest absolute Gasteiger partial charge is 0.373 e. The molecule has 2 aliphatic heterocycles. The number of anilines is 1. The van der Waals surface area contributed by atoms with Gasteiger partial charge in [0.1, 0.15) is 11.5 Å². The minimum absolute atomic E-state index is 0.356. The average Bonchev–Trinajstić information content (AvgIpc) is 2.77. The maximum absolute atomic E-state index is 5.87. The SMILES string of the molecule is CCc1cc(N2CCC(CCN3CC(C)OC(C)C3)CC2)nc(-c2ccccn2)n1. The molecule has 4 heterocycles. The van der Waals surface area contributed by atoms with Crippen molar-refractivity contribution in [2.75, 3.05) is 37.6 Å². The summed E-state index contributed by atoms with van der Waals surface area (Å²) in [6.45, 7) is 12.0. The summed E-state index contributed by atoms with van der Waals surface area (Å²) >= 11 is 0.